The number of H-pyrrole nitrogens is 1. The molecule has 1 aromatic heterocycles. The lowest BCUT2D eigenvalue weighted by Gasteiger charge is -2.15. The van der Waals surface area contributed by atoms with E-state index < -0.39 is 0 Å². The number of nitrogen functional groups attached to an aromatic ring is 1. The highest BCUT2D eigenvalue weighted by atomic mass is 35.5. The first kappa shape index (κ1) is 12.6. The number of hydrogen-bond donors (Lipinski definition) is 2. The van der Waals surface area contributed by atoms with Gasteiger partial charge < -0.3 is 15.2 Å². The average Bonchev–Trinajstić information content (AvgIpc) is 2.77. The van der Waals surface area contributed by atoms with Crippen LogP contribution in [0.2, 0.25) is 5.02 Å². The summed E-state index contributed by atoms with van der Waals surface area (Å²) in [6.45, 7) is 1.92. The number of halogens is 1. The van der Waals surface area contributed by atoms with Gasteiger partial charge in [-0.1, -0.05) is 11.6 Å². The molecule has 0 fully saturated rings. The van der Waals surface area contributed by atoms with E-state index in [9.17, 15) is 0 Å². The zero-order chi connectivity index (χ0) is 13.3. The average molecular weight is 268 g/mol. The number of anilines is 1. The number of rotatable bonds is 3. The Morgan fingerprint density at radius 2 is 1.89 bits per heavy atom. The molecule has 2 rings (SSSR count). The first-order valence-electron chi connectivity index (χ1n) is 5.30. The van der Waals surface area contributed by atoms with Crippen LogP contribution in [0.4, 0.5) is 5.82 Å². The third-order valence-corrected chi connectivity index (χ3v) is 3.02. The van der Waals surface area contributed by atoms with E-state index in [0.717, 1.165) is 16.8 Å². The van der Waals surface area contributed by atoms with Gasteiger partial charge in [-0.15, -0.1) is 0 Å². The number of aromatic nitrogens is 2. The van der Waals surface area contributed by atoms with Gasteiger partial charge in [-0.25, -0.2) is 0 Å². The molecule has 6 heteroatoms. The fourth-order valence-electron chi connectivity index (χ4n) is 1.89. The predicted octanol–water partition coefficient (Wildman–Crippen LogP) is 2.64. The molecule has 96 valence electrons. The Hall–Kier alpha value is -1.88. The van der Waals surface area contributed by atoms with Crippen LogP contribution in [0.5, 0.6) is 11.5 Å². The maximum absolute atomic E-state index is 6.17. The van der Waals surface area contributed by atoms with E-state index in [1.54, 1.807) is 26.4 Å². The summed E-state index contributed by atoms with van der Waals surface area (Å²) in [4.78, 5) is 0. The van der Waals surface area contributed by atoms with E-state index in [0.29, 0.717) is 22.3 Å². The van der Waals surface area contributed by atoms with Gasteiger partial charge in [-0.05, 0) is 13.0 Å². The van der Waals surface area contributed by atoms with Crippen molar-refractivity contribution >= 4 is 17.4 Å². The van der Waals surface area contributed by atoms with Gasteiger partial charge in [0.15, 0.2) is 11.5 Å². The number of nitrogens with one attached hydrogen (secondary N) is 1. The highest BCUT2D eigenvalue weighted by Crippen LogP contribution is 2.42. The fraction of sp³-hybridized carbons (Fsp3) is 0.250. The smallest absolute Gasteiger partial charge is 0.179 e. The van der Waals surface area contributed by atoms with Gasteiger partial charge in [-0.2, -0.15) is 5.10 Å². The van der Waals surface area contributed by atoms with E-state index in [1.165, 1.54) is 0 Å². The summed E-state index contributed by atoms with van der Waals surface area (Å²) in [5.41, 5.74) is 8.17. The highest BCUT2D eigenvalue weighted by Gasteiger charge is 2.17. The molecule has 0 radical (unpaired) electrons. The maximum atomic E-state index is 6.17. The van der Waals surface area contributed by atoms with Crippen LogP contribution in [0.1, 0.15) is 5.56 Å². The van der Waals surface area contributed by atoms with Crippen molar-refractivity contribution in [2.75, 3.05) is 20.0 Å². The zero-order valence-electron chi connectivity index (χ0n) is 10.4. The Bertz CT molecular complexity index is 581. The van der Waals surface area contributed by atoms with E-state index in [4.69, 9.17) is 26.8 Å². The third kappa shape index (κ3) is 1.97. The van der Waals surface area contributed by atoms with E-state index >= 15 is 0 Å². The summed E-state index contributed by atoms with van der Waals surface area (Å²) in [7, 11) is 3.13. The van der Waals surface area contributed by atoms with Gasteiger partial charge in [-0.3, -0.25) is 5.10 Å². The van der Waals surface area contributed by atoms with E-state index in [1.807, 2.05) is 6.92 Å². The van der Waals surface area contributed by atoms with Gasteiger partial charge in [0.05, 0.1) is 24.9 Å². The molecule has 0 saturated heterocycles. The minimum Gasteiger partial charge on any atom is -0.493 e. The molecule has 3 N–H and O–H groups in total. The minimum absolute atomic E-state index is 0.426. The fourth-order valence-corrected chi connectivity index (χ4v) is 2.16. The van der Waals surface area contributed by atoms with Crippen LogP contribution in [0.15, 0.2) is 12.1 Å². The Labute approximate surface area is 110 Å². The normalized spacial score (nSPS) is 10.4. The molecule has 2 aromatic rings. The predicted molar refractivity (Wildman–Crippen MR) is 71.3 cm³/mol. The number of methoxy groups -OCH3 is 2. The van der Waals surface area contributed by atoms with Crippen molar-refractivity contribution < 1.29 is 9.47 Å². The molecular weight excluding hydrogens is 254 g/mol. The van der Waals surface area contributed by atoms with Crippen LogP contribution in [-0.2, 0) is 0 Å². The third-order valence-electron chi connectivity index (χ3n) is 2.73. The van der Waals surface area contributed by atoms with Crippen molar-refractivity contribution in [3.8, 4) is 22.8 Å². The van der Waals surface area contributed by atoms with Crippen molar-refractivity contribution in [3.05, 3.63) is 22.7 Å². The topological polar surface area (TPSA) is 73.2 Å². The van der Waals surface area contributed by atoms with Crippen LogP contribution in [0.3, 0.4) is 0 Å². The zero-order valence-corrected chi connectivity index (χ0v) is 11.1. The summed E-state index contributed by atoms with van der Waals surface area (Å²) in [6, 6.07) is 3.54. The van der Waals surface area contributed by atoms with Crippen LogP contribution in [0.25, 0.3) is 11.3 Å². The second-order valence-electron chi connectivity index (χ2n) is 3.80. The molecule has 18 heavy (non-hydrogen) atoms. The lowest BCUT2D eigenvalue weighted by atomic mass is 10.0. The standard InChI is InChI=1S/C12H14ClN3O2/c1-6-7(9-5-10(14)16-15-9)4-8(13)12(18-3)11(6)17-2/h4-5H,1-3H3,(H3,14,15,16). The Kier molecular flexibility index (Phi) is 3.34. The van der Waals surface area contributed by atoms with E-state index in [2.05, 4.69) is 10.2 Å². The Balaban J connectivity index is 2.66. The molecule has 5 nitrogen and oxygen atoms in total. The summed E-state index contributed by atoms with van der Waals surface area (Å²) >= 11 is 6.17. The molecule has 1 heterocycles. The maximum Gasteiger partial charge on any atom is 0.179 e. The van der Waals surface area contributed by atoms with Crippen molar-refractivity contribution in [2.24, 2.45) is 0 Å². The number of nitrogens with two attached hydrogens (primary N) is 1. The highest BCUT2D eigenvalue weighted by molar-refractivity contribution is 6.32. The van der Waals surface area contributed by atoms with Gasteiger partial charge in [0.1, 0.15) is 5.82 Å². The van der Waals surface area contributed by atoms with Crippen LogP contribution in [0, 0.1) is 6.92 Å². The van der Waals surface area contributed by atoms with Gasteiger partial charge in [0.25, 0.3) is 0 Å². The van der Waals surface area contributed by atoms with Crippen LogP contribution >= 0.6 is 11.6 Å². The first-order chi connectivity index (χ1) is 8.58. The summed E-state index contributed by atoms with van der Waals surface area (Å²) in [5, 5.41) is 7.22. The van der Waals surface area contributed by atoms with Crippen LogP contribution < -0.4 is 15.2 Å². The summed E-state index contributed by atoms with van der Waals surface area (Å²) in [5.74, 6) is 1.55. The SMILES string of the molecule is COc1c(Cl)cc(-c2cc(N)n[nH]2)c(C)c1OC. The number of benzene rings is 1. The van der Waals surface area contributed by atoms with Gasteiger partial charge >= 0.3 is 0 Å². The van der Waals surface area contributed by atoms with Crippen molar-refractivity contribution in [2.45, 2.75) is 6.92 Å². The van der Waals surface area contributed by atoms with Gasteiger partial charge in [0.2, 0.25) is 0 Å². The lowest BCUT2D eigenvalue weighted by Crippen LogP contribution is -1.96. The monoisotopic (exact) mass is 267 g/mol. The first-order valence-corrected chi connectivity index (χ1v) is 5.68. The summed E-state index contributed by atoms with van der Waals surface area (Å²) < 4.78 is 10.6. The van der Waals surface area contributed by atoms with Crippen molar-refractivity contribution in [3.63, 3.8) is 0 Å². The largest absolute Gasteiger partial charge is 0.493 e. The Morgan fingerprint density at radius 3 is 2.39 bits per heavy atom. The quantitative estimate of drug-likeness (QED) is 0.897. The van der Waals surface area contributed by atoms with Crippen LogP contribution in [-0.4, -0.2) is 24.4 Å². The molecule has 0 aliphatic carbocycles. The number of ether oxygens (including phenoxy) is 2. The number of nitrogens with zero attached hydrogens (tertiary/aromatic N) is 1. The molecule has 0 saturated carbocycles. The molecule has 0 bridgehead atoms. The second kappa shape index (κ2) is 4.78. The number of aromatic amines is 1. The second-order valence-corrected chi connectivity index (χ2v) is 4.21. The number of hydrogen-bond acceptors (Lipinski definition) is 4. The minimum atomic E-state index is 0.426. The van der Waals surface area contributed by atoms with Crippen molar-refractivity contribution in [1.29, 1.82) is 0 Å². The molecule has 0 aliphatic rings. The molecule has 0 atom stereocenters. The lowest BCUT2D eigenvalue weighted by molar-refractivity contribution is 0.353. The molecular formula is C12H14ClN3O2. The summed E-state index contributed by atoms with van der Waals surface area (Å²) in [6.07, 6.45) is 0. The molecule has 0 amide bonds. The Morgan fingerprint density at radius 1 is 1.22 bits per heavy atom. The van der Waals surface area contributed by atoms with Gasteiger partial charge in [0, 0.05) is 17.2 Å². The van der Waals surface area contributed by atoms with E-state index in [-0.39, 0.29) is 0 Å². The van der Waals surface area contributed by atoms with Crippen molar-refractivity contribution in [1.82, 2.24) is 10.2 Å². The molecule has 1 aromatic carbocycles. The molecule has 0 spiro atoms. The molecule has 0 aliphatic heterocycles. The molecule has 0 unspecified atom stereocenters.